The Morgan fingerprint density at radius 2 is 1.96 bits per heavy atom. The van der Waals surface area contributed by atoms with E-state index in [1.54, 1.807) is 25.1 Å². The minimum atomic E-state index is -0.575. The van der Waals surface area contributed by atoms with Gasteiger partial charge in [-0.3, -0.25) is 15.0 Å². The standard InChI is InChI=1S/C20H27N3O5/c1-5-23(12-18(24)21-13(3)4)11-14-9-19(25)28-17-10-15(7-8-16(14)17)22-20(26)27-6-2/h7-10,13H,5-6,11-12H2,1-4H3,(H,21,24)(H,22,26). The number of nitrogens with one attached hydrogen (secondary N) is 2. The highest BCUT2D eigenvalue weighted by atomic mass is 16.5. The second-order valence-electron chi connectivity index (χ2n) is 6.67. The van der Waals surface area contributed by atoms with Gasteiger partial charge in [-0.1, -0.05) is 6.92 Å². The maximum absolute atomic E-state index is 12.1. The third kappa shape index (κ3) is 6.09. The summed E-state index contributed by atoms with van der Waals surface area (Å²) in [6, 6.07) is 6.57. The third-order valence-electron chi connectivity index (χ3n) is 4.01. The second-order valence-corrected chi connectivity index (χ2v) is 6.67. The Kier molecular flexibility index (Phi) is 7.57. The molecule has 0 spiro atoms. The molecule has 0 aliphatic rings. The van der Waals surface area contributed by atoms with E-state index in [4.69, 9.17) is 9.15 Å². The van der Waals surface area contributed by atoms with Gasteiger partial charge in [0, 0.05) is 35.8 Å². The predicted molar refractivity (Wildman–Crippen MR) is 107 cm³/mol. The van der Waals surface area contributed by atoms with Crippen LogP contribution in [0.4, 0.5) is 10.5 Å². The molecule has 2 amide bonds. The third-order valence-corrected chi connectivity index (χ3v) is 4.01. The number of likely N-dealkylation sites (N-methyl/N-ethyl adjacent to an activating group) is 1. The van der Waals surface area contributed by atoms with Crippen molar-refractivity contribution in [1.29, 1.82) is 0 Å². The molecule has 0 atom stereocenters. The van der Waals surface area contributed by atoms with Crippen LogP contribution in [-0.2, 0) is 16.1 Å². The fourth-order valence-electron chi connectivity index (χ4n) is 2.81. The van der Waals surface area contributed by atoms with Crippen LogP contribution in [-0.4, -0.2) is 42.6 Å². The lowest BCUT2D eigenvalue weighted by molar-refractivity contribution is -0.122. The smallest absolute Gasteiger partial charge is 0.411 e. The molecular formula is C20H27N3O5. The van der Waals surface area contributed by atoms with E-state index in [0.29, 0.717) is 24.4 Å². The molecule has 0 unspecified atom stereocenters. The lowest BCUT2D eigenvalue weighted by Crippen LogP contribution is -2.39. The van der Waals surface area contributed by atoms with Crippen molar-refractivity contribution < 1.29 is 18.7 Å². The van der Waals surface area contributed by atoms with Crippen molar-refractivity contribution >= 4 is 28.7 Å². The number of carbonyl (C=O) groups excluding carboxylic acids is 2. The average molecular weight is 389 g/mol. The highest BCUT2D eigenvalue weighted by molar-refractivity contribution is 5.90. The zero-order chi connectivity index (χ0) is 20.7. The summed E-state index contributed by atoms with van der Waals surface area (Å²) in [4.78, 5) is 37.6. The summed E-state index contributed by atoms with van der Waals surface area (Å²) >= 11 is 0. The summed E-state index contributed by atoms with van der Waals surface area (Å²) in [5.41, 5.74) is 1.10. The van der Waals surface area contributed by atoms with E-state index in [0.717, 1.165) is 10.9 Å². The van der Waals surface area contributed by atoms with Crippen molar-refractivity contribution in [3.05, 3.63) is 40.2 Å². The molecule has 2 aromatic rings. The van der Waals surface area contributed by atoms with Crippen LogP contribution >= 0.6 is 0 Å². The molecule has 28 heavy (non-hydrogen) atoms. The number of benzene rings is 1. The molecule has 0 aliphatic carbocycles. The lowest BCUT2D eigenvalue weighted by atomic mass is 10.1. The number of hydrogen-bond donors (Lipinski definition) is 2. The predicted octanol–water partition coefficient (Wildman–Crippen LogP) is 2.71. The van der Waals surface area contributed by atoms with E-state index in [1.165, 1.54) is 6.07 Å². The Hall–Kier alpha value is -2.87. The fourth-order valence-corrected chi connectivity index (χ4v) is 2.81. The highest BCUT2D eigenvalue weighted by Gasteiger charge is 2.14. The molecule has 8 nitrogen and oxygen atoms in total. The molecule has 1 aromatic carbocycles. The van der Waals surface area contributed by atoms with Gasteiger partial charge in [0.1, 0.15) is 5.58 Å². The van der Waals surface area contributed by atoms with E-state index in [2.05, 4.69) is 10.6 Å². The highest BCUT2D eigenvalue weighted by Crippen LogP contribution is 2.22. The van der Waals surface area contributed by atoms with Crippen molar-refractivity contribution in [1.82, 2.24) is 10.2 Å². The lowest BCUT2D eigenvalue weighted by Gasteiger charge is -2.21. The molecule has 1 heterocycles. The zero-order valence-corrected chi connectivity index (χ0v) is 16.7. The first-order chi connectivity index (χ1) is 13.3. The Morgan fingerprint density at radius 3 is 2.61 bits per heavy atom. The molecule has 2 N–H and O–H groups in total. The number of amides is 2. The number of carbonyl (C=O) groups is 2. The van der Waals surface area contributed by atoms with E-state index in [9.17, 15) is 14.4 Å². The molecule has 0 radical (unpaired) electrons. The first kappa shape index (κ1) is 21.4. The number of rotatable bonds is 8. The topological polar surface area (TPSA) is 101 Å². The van der Waals surface area contributed by atoms with Crippen LogP contribution in [0.1, 0.15) is 33.3 Å². The molecule has 1 aromatic heterocycles. The van der Waals surface area contributed by atoms with Crippen molar-refractivity contribution in [2.24, 2.45) is 0 Å². The summed E-state index contributed by atoms with van der Waals surface area (Å²) < 4.78 is 10.1. The Bertz CT molecular complexity index is 891. The van der Waals surface area contributed by atoms with Gasteiger partial charge in [-0.2, -0.15) is 0 Å². The van der Waals surface area contributed by atoms with Crippen molar-refractivity contribution in [3.8, 4) is 0 Å². The monoisotopic (exact) mass is 389 g/mol. The van der Waals surface area contributed by atoms with E-state index in [1.807, 2.05) is 25.7 Å². The van der Waals surface area contributed by atoms with E-state index >= 15 is 0 Å². The van der Waals surface area contributed by atoms with Gasteiger partial charge in [-0.05, 0) is 45.0 Å². The van der Waals surface area contributed by atoms with Crippen LogP contribution in [0.2, 0.25) is 0 Å². The minimum Gasteiger partial charge on any atom is -0.450 e. The van der Waals surface area contributed by atoms with Gasteiger partial charge in [-0.25, -0.2) is 9.59 Å². The van der Waals surface area contributed by atoms with Gasteiger partial charge >= 0.3 is 11.7 Å². The van der Waals surface area contributed by atoms with Crippen molar-refractivity contribution in [2.45, 2.75) is 40.3 Å². The van der Waals surface area contributed by atoms with Gasteiger partial charge in [0.25, 0.3) is 0 Å². The molecule has 152 valence electrons. The maximum Gasteiger partial charge on any atom is 0.411 e. The molecule has 2 rings (SSSR count). The SMILES string of the molecule is CCOC(=O)Nc1ccc2c(CN(CC)CC(=O)NC(C)C)cc(=O)oc2c1. The van der Waals surface area contributed by atoms with Gasteiger partial charge < -0.3 is 14.5 Å². The van der Waals surface area contributed by atoms with Crippen molar-refractivity contribution in [2.75, 3.05) is 25.0 Å². The number of fused-ring (bicyclic) bond motifs is 1. The summed E-state index contributed by atoms with van der Waals surface area (Å²) in [7, 11) is 0. The van der Waals surface area contributed by atoms with Crippen LogP contribution in [0.25, 0.3) is 11.0 Å². The molecule has 0 aliphatic heterocycles. The molecule has 0 saturated heterocycles. The minimum absolute atomic E-state index is 0.0648. The van der Waals surface area contributed by atoms with Gasteiger partial charge in [0.05, 0.1) is 13.2 Å². The molecule has 0 fully saturated rings. The first-order valence-electron chi connectivity index (χ1n) is 9.34. The van der Waals surface area contributed by atoms with Crippen molar-refractivity contribution in [3.63, 3.8) is 0 Å². The largest absolute Gasteiger partial charge is 0.450 e. The van der Waals surface area contributed by atoms with Gasteiger partial charge in [0.15, 0.2) is 0 Å². The summed E-state index contributed by atoms with van der Waals surface area (Å²) in [6.07, 6.45) is -0.575. The van der Waals surface area contributed by atoms with Crippen LogP contribution in [0.3, 0.4) is 0 Å². The number of anilines is 1. The Labute approximate surface area is 163 Å². The van der Waals surface area contributed by atoms with Crippen LogP contribution < -0.4 is 16.3 Å². The van der Waals surface area contributed by atoms with Gasteiger partial charge in [0.2, 0.25) is 5.91 Å². The normalized spacial score (nSPS) is 11.1. The average Bonchev–Trinajstić information content (AvgIpc) is 2.60. The summed E-state index contributed by atoms with van der Waals surface area (Å²) in [5, 5.41) is 6.20. The zero-order valence-electron chi connectivity index (χ0n) is 16.7. The first-order valence-corrected chi connectivity index (χ1v) is 9.34. The van der Waals surface area contributed by atoms with Crippen LogP contribution in [0.15, 0.2) is 33.5 Å². The molecule has 8 heteroatoms. The summed E-state index contributed by atoms with van der Waals surface area (Å²) in [5.74, 6) is -0.0648. The molecule has 0 bridgehead atoms. The van der Waals surface area contributed by atoms with E-state index in [-0.39, 0.29) is 25.1 Å². The number of nitrogens with zero attached hydrogens (tertiary/aromatic N) is 1. The quantitative estimate of drug-likeness (QED) is 0.673. The Morgan fingerprint density at radius 1 is 1.21 bits per heavy atom. The van der Waals surface area contributed by atoms with Gasteiger partial charge in [-0.15, -0.1) is 0 Å². The maximum atomic E-state index is 12.1. The number of ether oxygens (including phenoxy) is 1. The molecular weight excluding hydrogens is 362 g/mol. The second kappa shape index (κ2) is 9.89. The van der Waals surface area contributed by atoms with Crippen LogP contribution in [0.5, 0.6) is 0 Å². The van der Waals surface area contributed by atoms with E-state index < -0.39 is 11.7 Å². The molecule has 0 saturated carbocycles. The Balaban J connectivity index is 2.25. The van der Waals surface area contributed by atoms with Crippen LogP contribution in [0, 0.1) is 0 Å². The fraction of sp³-hybridized carbons (Fsp3) is 0.450. The number of hydrogen-bond acceptors (Lipinski definition) is 6. The summed E-state index contributed by atoms with van der Waals surface area (Å²) in [6.45, 7) is 9.06.